The molecular formula is C25H21N5O4S2. The highest BCUT2D eigenvalue weighted by Crippen LogP contribution is 2.29. The third kappa shape index (κ3) is 4.21. The predicted molar refractivity (Wildman–Crippen MR) is 138 cm³/mol. The first-order chi connectivity index (χ1) is 17.5. The minimum absolute atomic E-state index is 0.0319. The van der Waals surface area contributed by atoms with Gasteiger partial charge in [0.25, 0.3) is 10.0 Å². The molecule has 3 heterocycles. The molecule has 2 N–H and O–H groups in total. The highest BCUT2D eigenvalue weighted by atomic mass is 32.2. The topological polar surface area (TPSA) is 119 Å². The van der Waals surface area contributed by atoms with Crippen LogP contribution in [-0.2, 0) is 29.5 Å². The lowest BCUT2D eigenvalue weighted by Gasteiger charge is -2.20. The Morgan fingerprint density at radius 1 is 1.11 bits per heavy atom. The van der Waals surface area contributed by atoms with E-state index in [1.807, 2.05) is 12.1 Å². The molecule has 3 aromatic carbocycles. The maximum atomic E-state index is 12.7. The van der Waals surface area contributed by atoms with Gasteiger partial charge < -0.3 is 9.73 Å². The molecule has 11 heteroatoms. The molecule has 1 aliphatic rings. The van der Waals surface area contributed by atoms with E-state index in [2.05, 4.69) is 49.7 Å². The number of oxazole rings is 1. The summed E-state index contributed by atoms with van der Waals surface area (Å²) in [4.78, 5) is 16.5. The van der Waals surface area contributed by atoms with Crippen LogP contribution in [0.1, 0.15) is 16.7 Å². The van der Waals surface area contributed by atoms with Gasteiger partial charge in [0.1, 0.15) is 6.33 Å². The van der Waals surface area contributed by atoms with E-state index in [0.717, 1.165) is 42.2 Å². The average Bonchev–Trinajstić information content (AvgIpc) is 3.50. The molecule has 0 bridgehead atoms. The normalized spacial score (nSPS) is 13.6. The Morgan fingerprint density at radius 2 is 2.00 bits per heavy atom. The van der Waals surface area contributed by atoms with Crippen molar-refractivity contribution in [3.63, 3.8) is 0 Å². The Bertz CT molecular complexity index is 1740. The summed E-state index contributed by atoms with van der Waals surface area (Å²) >= 11 is 0.930. The molecule has 5 aromatic rings. The van der Waals surface area contributed by atoms with Gasteiger partial charge in [0, 0.05) is 24.1 Å². The molecule has 0 saturated heterocycles. The van der Waals surface area contributed by atoms with Gasteiger partial charge in [-0.25, -0.2) is 18.2 Å². The Kier molecular flexibility index (Phi) is 5.67. The third-order valence-electron chi connectivity index (χ3n) is 6.26. The van der Waals surface area contributed by atoms with Crippen molar-refractivity contribution in [2.75, 3.05) is 11.3 Å². The first kappa shape index (κ1) is 22.7. The molecule has 1 aliphatic heterocycles. The second-order valence-corrected chi connectivity index (χ2v) is 11.0. The molecule has 0 aliphatic carbocycles. The second kappa shape index (κ2) is 9.01. The summed E-state index contributed by atoms with van der Waals surface area (Å²) in [6.45, 7) is 2.11. The molecule has 6 rings (SSSR count). The first-order valence-corrected chi connectivity index (χ1v) is 13.6. The van der Waals surface area contributed by atoms with Crippen molar-refractivity contribution in [2.24, 2.45) is 0 Å². The van der Waals surface area contributed by atoms with Crippen LogP contribution in [0.15, 0.2) is 81.1 Å². The smallest absolute Gasteiger partial charge is 0.408 e. The molecule has 0 spiro atoms. The number of aromatic nitrogens is 3. The Balaban J connectivity index is 1.32. The number of rotatable bonds is 6. The largest absolute Gasteiger partial charge is 0.420 e. The van der Waals surface area contributed by atoms with Crippen LogP contribution in [0.25, 0.3) is 22.2 Å². The lowest BCUT2D eigenvalue weighted by Crippen LogP contribution is -2.24. The maximum Gasteiger partial charge on any atom is 0.420 e. The zero-order chi connectivity index (χ0) is 24.7. The number of nitrogens with zero attached hydrogens (tertiary/aromatic N) is 3. The first-order valence-electron chi connectivity index (χ1n) is 11.3. The quantitative estimate of drug-likeness (QED) is 0.352. The summed E-state index contributed by atoms with van der Waals surface area (Å²) in [6.07, 6.45) is 2.27. The molecule has 0 amide bonds. The van der Waals surface area contributed by atoms with E-state index >= 15 is 0 Å². The van der Waals surface area contributed by atoms with Crippen molar-refractivity contribution in [3.05, 3.63) is 94.2 Å². The summed E-state index contributed by atoms with van der Waals surface area (Å²) < 4.78 is 38.5. The molecule has 0 fully saturated rings. The van der Waals surface area contributed by atoms with Gasteiger partial charge in [-0.15, -0.1) is 0 Å². The van der Waals surface area contributed by atoms with E-state index in [1.54, 1.807) is 6.07 Å². The van der Waals surface area contributed by atoms with E-state index in [-0.39, 0.29) is 15.6 Å². The van der Waals surface area contributed by atoms with Crippen LogP contribution in [-0.4, -0.2) is 28.9 Å². The van der Waals surface area contributed by atoms with E-state index in [1.165, 1.54) is 39.7 Å². The van der Waals surface area contributed by atoms with Crippen molar-refractivity contribution in [3.8, 4) is 11.1 Å². The van der Waals surface area contributed by atoms with E-state index in [4.69, 9.17) is 4.42 Å². The fourth-order valence-electron chi connectivity index (χ4n) is 4.56. The minimum atomic E-state index is -3.90. The number of hydrogen-bond donors (Lipinski definition) is 2. The van der Waals surface area contributed by atoms with Gasteiger partial charge in [-0.05, 0) is 59.0 Å². The summed E-state index contributed by atoms with van der Waals surface area (Å²) in [5.74, 6) is -0.552. The van der Waals surface area contributed by atoms with Crippen molar-refractivity contribution in [1.82, 2.24) is 19.2 Å². The van der Waals surface area contributed by atoms with Gasteiger partial charge in [-0.3, -0.25) is 9.29 Å². The van der Waals surface area contributed by atoms with Crippen LogP contribution in [0.2, 0.25) is 0 Å². The van der Waals surface area contributed by atoms with E-state index in [9.17, 15) is 13.2 Å². The van der Waals surface area contributed by atoms with Crippen LogP contribution < -0.4 is 15.8 Å². The fourth-order valence-corrected chi connectivity index (χ4v) is 6.24. The second-order valence-electron chi connectivity index (χ2n) is 8.51. The molecule has 0 unspecified atom stereocenters. The van der Waals surface area contributed by atoms with Crippen LogP contribution in [0.5, 0.6) is 0 Å². The van der Waals surface area contributed by atoms with Crippen molar-refractivity contribution in [1.29, 1.82) is 0 Å². The molecule has 182 valence electrons. The summed E-state index contributed by atoms with van der Waals surface area (Å²) in [6, 6.07) is 18.9. The lowest BCUT2D eigenvalue weighted by molar-refractivity contribution is 0.517. The average molecular weight is 520 g/mol. The fraction of sp³-hybridized carbons (Fsp3) is 0.160. The zero-order valence-corrected chi connectivity index (χ0v) is 20.6. The number of benzene rings is 3. The van der Waals surface area contributed by atoms with Gasteiger partial charge >= 0.3 is 5.76 Å². The van der Waals surface area contributed by atoms with Crippen LogP contribution in [0.4, 0.5) is 5.13 Å². The van der Waals surface area contributed by atoms with Gasteiger partial charge in [0.2, 0.25) is 5.13 Å². The SMILES string of the molecule is O=c1oc2cc(S(=O)(=O)Nc3ncns3)ccc2n1Cc1cccc(-c2cccc3c2CNCC3)c1. The number of sulfonamides is 1. The van der Waals surface area contributed by atoms with Crippen molar-refractivity contribution < 1.29 is 12.8 Å². The number of anilines is 1. The summed E-state index contributed by atoms with van der Waals surface area (Å²) in [5.41, 5.74) is 6.59. The van der Waals surface area contributed by atoms with Crippen LogP contribution in [0, 0.1) is 0 Å². The van der Waals surface area contributed by atoms with E-state index < -0.39 is 15.8 Å². The van der Waals surface area contributed by atoms with Crippen molar-refractivity contribution >= 4 is 37.8 Å². The Hall–Kier alpha value is -3.80. The monoisotopic (exact) mass is 519 g/mol. The number of hydrogen-bond acceptors (Lipinski definition) is 8. The maximum absolute atomic E-state index is 12.7. The predicted octanol–water partition coefficient (Wildman–Crippen LogP) is 3.61. The Labute approximate surface area is 210 Å². The highest BCUT2D eigenvalue weighted by Gasteiger charge is 2.20. The summed E-state index contributed by atoms with van der Waals surface area (Å²) in [5, 5.41) is 3.60. The zero-order valence-electron chi connectivity index (χ0n) is 19.0. The van der Waals surface area contributed by atoms with Gasteiger partial charge in [0.05, 0.1) is 17.0 Å². The van der Waals surface area contributed by atoms with Gasteiger partial charge in [-0.1, -0.05) is 36.4 Å². The molecule has 36 heavy (non-hydrogen) atoms. The van der Waals surface area contributed by atoms with Gasteiger partial charge in [-0.2, -0.15) is 4.37 Å². The van der Waals surface area contributed by atoms with Crippen LogP contribution >= 0.6 is 11.5 Å². The molecular weight excluding hydrogens is 498 g/mol. The molecule has 0 radical (unpaired) electrons. The minimum Gasteiger partial charge on any atom is -0.408 e. The molecule has 0 atom stereocenters. The number of nitrogens with one attached hydrogen (secondary N) is 2. The molecule has 9 nitrogen and oxygen atoms in total. The van der Waals surface area contributed by atoms with E-state index in [0.29, 0.717) is 12.1 Å². The van der Waals surface area contributed by atoms with Gasteiger partial charge in [0.15, 0.2) is 5.58 Å². The lowest BCUT2D eigenvalue weighted by atomic mass is 9.91. The summed E-state index contributed by atoms with van der Waals surface area (Å²) in [7, 11) is -3.90. The Morgan fingerprint density at radius 3 is 2.86 bits per heavy atom. The highest BCUT2D eigenvalue weighted by molar-refractivity contribution is 7.93. The number of fused-ring (bicyclic) bond motifs is 2. The van der Waals surface area contributed by atoms with Crippen LogP contribution in [0.3, 0.4) is 0 Å². The molecule has 0 saturated carbocycles. The van der Waals surface area contributed by atoms with Crippen molar-refractivity contribution in [2.45, 2.75) is 24.4 Å². The standard InChI is InChI=1S/C25H21N5O4S2/c31-25-30(22-8-7-19(12-23(22)34-25)36(32,33)29-24-27-15-28-35-24)14-16-3-1-5-18(11-16)20-6-2-4-17-9-10-26-13-21(17)20/h1-8,11-12,15,26H,9-10,13-14H2,(H,27,28,29). The molecule has 2 aromatic heterocycles. The third-order valence-corrected chi connectivity index (χ3v) is 8.30.